The number of hydrogen-bond acceptors (Lipinski definition) is 1. The summed E-state index contributed by atoms with van der Waals surface area (Å²) >= 11 is 0. The summed E-state index contributed by atoms with van der Waals surface area (Å²) in [5.74, 6) is 0. The van der Waals surface area contributed by atoms with E-state index >= 15 is 0 Å². The molecule has 0 heterocycles. The molecule has 0 bridgehead atoms. The molecule has 0 radical (unpaired) electrons. The molecule has 0 N–H and O–H groups in total. The fourth-order valence-corrected chi connectivity index (χ4v) is 8.88. The third-order valence-electron chi connectivity index (χ3n) is 11.7. The molecular weight excluding hydrogens is 639 g/mol. The van der Waals surface area contributed by atoms with Crippen LogP contribution in [0.25, 0.3) is 76.8 Å². The van der Waals surface area contributed by atoms with E-state index < -0.39 is 0 Å². The van der Waals surface area contributed by atoms with Gasteiger partial charge in [-0.2, -0.15) is 0 Å². The zero-order valence-electron chi connectivity index (χ0n) is 30.3. The highest BCUT2D eigenvalue weighted by atomic mass is 15.1. The van der Waals surface area contributed by atoms with Crippen molar-refractivity contribution in [3.63, 3.8) is 0 Å². The van der Waals surface area contributed by atoms with Gasteiger partial charge in [0.2, 0.25) is 0 Å². The number of fused-ring (bicyclic) bond motifs is 9. The van der Waals surface area contributed by atoms with Gasteiger partial charge in [-0.25, -0.2) is 0 Å². The van der Waals surface area contributed by atoms with E-state index in [1.54, 1.807) is 0 Å². The van der Waals surface area contributed by atoms with E-state index in [1.807, 2.05) is 0 Å². The smallest absolute Gasteiger partial charge is 0.0488 e. The maximum Gasteiger partial charge on any atom is 0.0488 e. The van der Waals surface area contributed by atoms with Crippen LogP contribution >= 0.6 is 0 Å². The van der Waals surface area contributed by atoms with Gasteiger partial charge in [-0.05, 0) is 119 Å². The minimum Gasteiger partial charge on any atom is -0.344 e. The maximum absolute atomic E-state index is 2.40. The number of anilines is 2. The van der Waals surface area contributed by atoms with E-state index in [1.165, 1.54) is 93.6 Å². The fourth-order valence-electron chi connectivity index (χ4n) is 8.88. The van der Waals surface area contributed by atoms with Gasteiger partial charge >= 0.3 is 0 Å². The van der Waals surface area contributed by atoms with Crippen molar-refractivity contribution < 1.29 is 0 Å². The van der Waals surface area contributed by atoms with Crippen LogP contribution in [0.1, 0.15) is 25.0 Å². The van der Waals surface area contributed by atoms with Gasteiger partial charge < -0.3 is 4.90 Å². The molecule has 0 amide bonds. The highest BCUT2D eigenvalue weighted by molar-refractivity contribution is 6.25. The first-order valence-corrected chi connectivity index (χ1v) is 18.6. The maximum atomic E-state index is 2.40. The van der Waals surface area contributed by atoms with Crippen molar-refractivity contribution in [2.24, 2.45) is 0 Å². The molecule has 0 fully saturated rings. The summed E-state index contributed by atoms with van der Waals surface area (Å²) < 4.78 is 0. The van der Waals surface area contributed by atoms with Crippen LogP contribution in [0.5, 0.6) is 0 Å². The quantitative estimate of drug-likeness (QED) is 0.164. The van der Waals surface area contributed by atoms with Crippen LogP contribution in [0, 0.1) is 0 Å². The third kappa shape index (κ3) is 4.99. The van der Waals surface area contributed by atoms with E-state index in [0.717, 1.165) is 5.69 Å². The summed E-state index contributed by atoms with van der Waals surface area (Å²) in [6.07, 6.45) is 0. The van der Waals surface area contributed by atoms with E-state index in [4.69, 9.17) is 0 Å². The van der Waals surface area contributed by atoms with Crippen molar-refractivity contribution in [1.29, 1.82) is 0 Å². The van der Waals surface area contributed by atoms with Crippen LogP contribution in [0.3, 0.4) is 0 Å². The van der Waals surface area contributed by atoms with Crippen LogP contribution in [0.15, 0.2) is 182 Å². The minimum atomic E-state index is -0.00419. The molecule has 0 saturated carbocycles. The molecule has 1 aliphatic rings. The molecule has 9 aromatic rings. The summed E-state index contributed by atoms with van der Waals surface area (Å²) in [6, 6.07) is 67.2. The molecule has 0 saturated heterocycles. The number of benzene rings is 9. The lowest BCUT2D eigenvalue weighted by atomic mass is 9.82. The van der Waals surface area contributed by atoms with Gasteiger partial charge in [0.05, 0.1) is 0 Å². The Hall–Kier alpha value is -6.44. The van der Waals surface area contributed by atoms with Crippen LogP contribution in [0.4, 0.5) is 11.4 Å². The Morgan fingerprint density at radius 1 is 0.340 bits per heavy atom. The molecule has 1 heteroatoms. The van der Waals surface area contributed by atoms with Crippen molar-refractivity contribution in [3.05, 3.63) is 193 Å². The summed E-state index contributed by atoms with van der Waals surface area (Å²) in [6.45, 7) is 4.68. The van der Waals surface area contributed by atoms with Crippen LogP contribution in [0.2, 0.25) is 0 Å². The zero-order chi connectivity index (χ0) is 35.7. The second kappa shape index (κ2) is 12.1. The summed E-state index contributed by atoms with van der Waals surface area (Å²) in [4.78, 5) is 2.33. The Labute approximate surface area is 311 Å². The van der Waals surface area contributed by atoms with Gasteiger partial charge in [-0.1, -0.05) is 159 Å². The van der Waals surface area contributed by atoms with Crippen LogP contribution < -0.4 is 4.90 Å². The van der Waals surface area contributed by atoms with E-state index in [-0.39, 0.29) is 5.41 Å². The molecule has 1 aliphatic carbocycles. The SMILES string of the molecule is CN(c1cccc(-c2ccc3c4ccccc4c4ccccc4c3c2)c1)c1ccc(-c2ccc3c(c2)-c2ccccc2C3(C)C)cc1-c1ccccc1. The van der Waals surface area contributed by atoms with Crippen molar-refractivity contribution in [1.82, 2.24) is 0 Å². The molecule has 9 aromatic carbocycles. The fraction of sp³-hybridized carbons (Fsp3) is 0.0769. The first kappa shape index (κ1) is 31.3. The van der Waals surface area contributed by atoms with Gasteiger partial charge in [0.25, 0.3) is 0 Å². The number of hydrogen-bond donors (Lipinski definition) is 0. The Morgan fingerprint density at radius 3 is 1.58 bits per heavy atom. The zero-order valence-corrected chi connectivity index (χ0v) is 30.3. The number of nitrogens with zero attached hydrogens (tertiary/aromatic N) is 1. The van der Waals surface area contributed by atoms with Gasteiger partial charge in [0.15, 0.2) is 0 Å². The van der Waals surface area contributed by atoms with Crippen molar-refractivity contribution in [2.75, 3.05) is 11.9 Å². The normalized spacial score (nSPS) is 13.0. The van der Waals surface area contributed by atoms with Gasteiger partial charge in [-0.3, -0.25) is 0 Å². The molecule has 0 spiro atoms. The molecule has 0 atom stereocenters. The Bertz CT molecular complexity index is 2840. The molecule has 10 rings (SSSR count). The third-order valence-corrected chi connectivity index (χ3v) is 11.7. The van der Waals surface area contributed by atoms with Crippen molar-refractivity contribution >= 4 is 43.7 Å². The molecule has 0 aromatic heterocycles. The average Bonchev–Trinajstić information content (AvgIpc) is 3.46. The number of rotatable bonds is 5. The molecule has 252 valence electrons. The lowest BCUT2D eigenvalue weighted by molar-refractivity contribution is 0.660. The molecule has 53 heavy (non-hydrogen) atoms. The predicted molar refractivity (Wildman–Crippen MR) is 227 cm³/mol. The van der Waals surface area contributed by atoms with E-state index in [9.17, 15) is 0 Å². The van der Waals surface area contributed by atoms with Crippen molar-refractivity contribution in [2.45, 2.75) is 19.3 Å². The Morgan fingerprint density at radius 2 is 0.849 bits per heavy atom. The Kier molecular flexibility index (Phi) is 7.13. The summed E-state index contributed by atoms with van der Waals surface area (Å²) in [5, 5.41) is 7.77. The lowest BCUT2D eigenvalue weighted by Crippen LogP contribution is -2.14. The lowest BCUT2D eigenvalue weighted by Gasteiger charge is -2.25. The summed E-state index contributed by atoms with van der Waals surface area (Å²) in [7, 11) is 2.19. The minimum absolute atomic E-state index is 0.00419. The molecule has 1 nitrogen and oxygen atoms in total. The predicted octanol–water partition coefficient (Wildman–Crippen LogP) is 14.2. The van der Waals surface area contributed by atoms with E-state index in [0.29, 0.717) is 0 Å². The average molecular weight is 678 g/mol. The van der Waals surface area contributed by atoms with Gasteiger partial charge in [-0.15, -0.1) is 0 Å². The Balaban J connectivity index is 1.06. The molecule has 0 unspecified atom stereocenters. The highest BCUT2D eigenvalue weighted by Gasteiger charge is 2.35. The first-order chi connectivity index (χ1) is 26.0. The highest BCUT2D eigenvalue weighted by Crippen LogP contribution is 2.50. The second-order valence-electron chi connectivity index (χ2n) is 15.0. The van der Waals surface area contributed by atoms with Gasteiger partial charge in [0, 0.05) is 29.4 Å². The van der Waals surface area contributed by atoms with E-state index in [2.05, 4.69) is 208 Å². The largest absolute Gasteiger partial charge is 0.344 e. The van der Waals surface area contributed by atoms with Crippen LogP contribution in [-0.2, 0) is 5.41 Å². The summed E-state index contributed by atoms with van der Waals surface area (Å²) in [5.41, 5.74) is 15.1. The van der Waals surface area contributed by atoms with Crippen LogP contribution in [-0.4, -0.2) is 7.05 Å². The standard InChI is InChI=1S/C52H39N/c1-52(2)49-23-12-11-22-45(49)48-33-37(25-28-50(48)52)38-26-29-51(46(31-38)34-14-5-4-6-15-34)53(3)39-17-13-16-35(30-39)36-24-27-44-42-20-8-7-18-40(42)41-19-9-10-21-43(41)47(44)32-36/h4-33H,1-3H3. The van der Waals surface area contributed by atoms with Crippen molar-refractivity contribution in [3.8, 4) is 44.5 Å². The van der Waals surface area contributed by atoms with Gasteiger partial charge in [0.1, 0.15) is 0 Å². The first-order valence-electron chi connectivity index (χ1n) is 18.6. The second-order valence-corrected chi connectivity index (χ2v) is 15.0. The monoisotopic (exact) mass is 677 g/mol. The molecular formula is C52H39N. The molecule has 0 aliphatic heterocycles. The topological polar surface area (TPSA) is 3.24 Å².